The highest BCUT2D eigenvalue weighted by Crippen LogP contribution is 2.48. The van der Waals surface area contributed by atoms with Crippen LogP contribution in [0.5, 0.6) is 0 Å². The molecule has 0 bridgehead atoms. The Kier molecular flexibility index (Phi) is 9.25. The van der Waals surface area contributed by atoms with Crippen LogP contribution in [0.15, 0.2) is 29.3 Å². The van der Waals surface area contributed by atoms with Gasteiger partial charge in [0.05, 0.1) is 19.3 Å². The molecule has 0 amide bonds. The monoisotopic (exact) mass is 491 g/mol. The van der Waals surface area contributed by atoms with Crippen LogP contribution in [-0.2, 0) is 14.9 Å². The Hall–Kier alpha value is -0.930. The Labute approximate surface area is 178 Å². The maximum atomic E-state index is 13.1. The molecule has 1 aromatic carbocycles. The van der Waals surface area contributed by atoms with Crippen molar-refractivity contribution in [2.45, 2.75) is 44.1 Å². The summed E-state index contributed by atoms with van der Waals surface area (Å²) in [6.45, 7) is 6.71. The summed E-state index contributed by atoms with van der Waals surface area (Å²) in [5.74, 6) is 0.652. The smallest absolute Gasteiger partial charge is 0.191 e. The summed E-state index contributed by atoms with van der Waals surface area (Å²) < 4.78 is 24.2. The van der Waals surface area contributed by atoms with Crippen LogP contribution in [0.2, 0.25) is 0 Å². The highest BCUT2D eigenvalue weighted by molar-refractivity contribution is 14.0. The summed E-state index contributed by atoms with van der Waals surface area (Å²) in [7, 11) is 0. The topological polar surface area (TPSA) is 54.9 Å². The van der Waals surface area contributed by atoms with Gasteiger partial charge in [-0.1, -0.05) is 12.1 Å². The van der Waals surface area contributed by atoms with E-state index in [2.05, 4.69) is 17.6 Å². The van der Waals surface area contributed by atoms with Gasteiger partial charge in [0.2, 0.25) is 0 Å². The molecule has 152 valence electrons. The van der Waals surface area contributed by atoms with Crippen molar-refractivity contribution in [1.29, 1.82) is 0 Å². The lowest BCUT2D eigenvalue weighted by molar-refractivity contribution is 0.0420. The Morgan fingerprint density at radius 3 is 2.70 bits per heavy atom. The molecule has 1 aromatic rings. The standard InChI is InChI=1S/C20H30FN3O2.HI/c1-2-22-19(23-11-3-12-26-18-8-13-25-14-18)24-15-20(9-10-20)16-4-6-17(21)7-5-16;/h4-7,18H,2-3,8-15H2,1H3,(H2,22,23,24);1H. The second-order valence-electron chi connectivity index (χ2n) is 7.12. The van der Waals surface area contributed by atoms with E-state index in [-0.39, 0.29) is 41.3 Å². The van der Waals surface area contributed by atoms with E-state index >= 15 is 0 Å². The number of aliphatic imine (C=N–C) groups is 1. The zero-order valence-corrected chi connectivity index (χ0v) is 18.3. The van der Waals surface area contributed by atoms with Gasteiger partial charge in [0.1, 0.15) is 5.82 Å². The molecule has 2 N–H and O–H groups in total. The molecular weight excluding hydrogens is 460 g/mol. The highest BCUT2D eigenvalue weighted by Gasteiger charge is 2.44. The van der Waals surface area contributed by atoms with Gasteiger partial charge < -0.3 is 20.1 Å². The average Bonchev–Trinajstić information content (AvgIpc) is 3.26. The predicted molar refractivity (Wildman–Crippen MR) is 117 cm³/mol. The Morgan fingerprint density at radius 2 is 2.07 bits per heavy atom. The first kappa shape index (κ1) is 22.4. The van der Waals surface area contributed by atoms with Gasteiger partial charge in [-0.2, -0.15) is 0 Å². The molecular formula is C20H31FIN3O2. The first-order valence-corrected chi connectivity index (χ1v) is 9.69. The average molecular weight is 491 g/mol. The number of guanidine groups is 1. The number of rotatable bonds is 9. The van der Waals surface area contributed by atoms with E-state index in [9.17, 15) is 4.39 Å². The van der Waals surface area contributed by atoms with Crippen molar-refractivity contribution in [2.75, 3.05) is 39.5 Å². The van der Waals surface area contributed by atoms with Crippen molar-refractivity contribution in [3.63, 3.8) is 0 Å². The quantitative estimate of drug-likeness (QED) is 0.241. The minimum absolute atomic E-state index is 0. The molecule has 1 aliphatic heterocycles. The van der Waals surface area contributed by atoms with Gasteiger partial charge in [0.15, 0.2) is 5.96 Å². The molecule has 1 aliphatic carbocycles. The molecule has 7 heteroatoms. The lowest BCUT2D eigenvalue weighted by Gasteiger charge is -2.16. The number of nitrogens with zero attached hydrogens (tertiary/aromatic N) is 1. The number of halogens is 2. The van der Waals surface area contributed by atoms with Crippen molar-refractivity contribution in [1.82, 2.24) is 10.6 Å². The molecule has 3 rings (SSSR count). The van der Waals surface area contributed by atoms with Crippen molar-refractivity contribution in [3.8, 4) is 0 Å². The first-order valence-electron chi connectivity index (χ1n) is 9.69. The third kappa shape index (κ3) is 6.87. The van der Waals surface area contributed by atoms with Gasteiger partial charge in [-0.05, 0) is 50.3 Å². The van der Waals surface area contributed by atoms with Crippen LogP contribution in [0.4, 0.5) is 4.39 Å². The lowest BCUT2D eigenvalue weighted by atomic mass is 9.96. The molecule has 1 saturated carbocycles. The summed E-state index contributed by atoms with van der Waals surface area (Å²) in [6.07, 6.45) is 4.42. The van der Waals surface area contributed by atoms with Crippen molar-refractivity contribution in [3.05, 3.63) is 35.6 Å². The molecule has 0 spiro atoms. The molecule has 0 radical (unpaired) electrons. The van der Waals surface area contributed by atoms with Gasteiger partial charge in [-0.3, -0.25) is 4.99 Å². The molecule has 1 saturated heterocycles. The Balaban J connectivity index is 0.00000261. The maximum absolute atomic E-state index is 13.1. The van der Waals surface area contributed by atoms with E-state index in [0.717, 1.165) is 71.1 Å². The van der Waals surface area contributed by atoms with E-state index in [1.54, 1.807) is 0 Å². The molecule has 1 heterocycles. The van der Waals surface area contributed by atoms with E-state index in [1.165, 1.54) is 17.7 Å². The minimum Gasteiger partial charge on any atom is -0.379 e. The fourth-order valence-corrected chi connectivity index (χ4v) is 3.24. The summed E-state index contributed by atoms with van der Waals surface area (Å²) in [5.41, 5.74) is 1.27. The number of ether oxygens (including phenoxy) is 2. The number of nitrogens with one attached hydrogen (secondary N) is 2. The molecule has 1 atom stereocenters. The molecule has 27 heavy (non-hydrogen) atoms. The maximum Gasteiger partial charge on any atom is 0.191 e. The SMILES string of the molecule is CCNC(=NCC1(c2ccc(F)cc2)CC1)NCCCOC1CCOC1.I. The normalized spacial score (nSPS) is 20.8. The van der Waals surface area contributed by atoms with Crippen LogP contribution >= 0.6 is 24.0 Å². The van der Waals surface area contributed by atoms with E-state index < -0.39 is 0 Å². The predicted octanol–water partition coefficient (Wildman–Crippen LogP) is 3.23. The minimum atomic E-state index is -0.186. The lowest BCUT2D eigenvalue weighted by Crippen LogP contribution is -2.38. The number of hydrogen-bond acceptors (Lipinski definition) is 3. The van der Waals surface area contributed by atoms with Crippen molar-refractivity contribution >= 4 is 29.9 Å². The van der Waals surface area contributed by atoms with Crippen LogP contribution in [0.25, 0.3) is 0 Å². The van der Waals surface area contributed by atoms with Gasteiger partial charge >= 0.3 is 0 Å². The third-order valence-corrected chi connectivity index (χ3v) is 5.05. The molecule has 2 fully saturated rings. The fourth-order valence-electron chi connectivity index (χ4n) is 3.24. The van der Waals surface area contributed by atoms with Crippen molar-refractivity contribution in [2.24, 2.45) is 4.99 Å². The zero-order valence-electron chi connectivity index (χ0n) is 16.0. The van der Waals surface area contributed by atoms with Crippen LogP contribution in [0.1, 0.15) is 38.2 Å². The first-order chi connectivity index (χ1) is 12.7. The van der Waals surface area contributed by atoms with Crippen LogP contribution in [0, 0.1) is 5.82 Å². The van der Waals surface area contributed by atoms with Crippen LogP contribution in [0.3, 0.4) is 0 Å². The number of hydrogen-bond donors (Lipinski definition) is 2. The molecule has 2 aliphatic rings. The summed E-state index contributed by atoms with van der Waals surface area (Å²) in [6, 6.07) is 6.86. The van der Waals surface area contributed by atoms with Crippen molar-refractivity contribution < 1.29 is 13.9 Å². The second-order valence-corrected chi connectivity index (χ2v) is 7.12. The number of benzene rings is 1. The van der Waals surface area contributed by atoms with Gasteiger partial charge in [-0.25, -0.2) is 4.39 Å². The summed E-state index contributed by atoms with van der Waals surface area (Å²) in [5, 5.41) is 6.67. The second kappa shape index (κ2) is 11.2. The largest absolute Gasteiger partial charge is 0.379 e. The summed E-state index contributed by atoms with van der Waals surface area (Å²) in [4.78, 5) is 4.76. The van der Waals surface area contributed by atoms with E-state index in [0.29, 0.717) is 0 Å². The zero-order chi connectivity index (χ0) is 18.2. The third-order valence-electron chi connectivity index (χ3n) is 5.05. The molecule has 5 nitrogen and oxygen atoms in total. The highest BCUT2D eigenvalue weighted by atomic mass is 127. The fraction of sp³-hybridized carbons (Fsp3) is 0.650. The van der Waals surface area contributed by atoms with Gasteiger partial charge in [0, 0.05) is 31.7 Å². The Bertz CT molecular complexity index is 587. The van der Waals surface area contributed by atoms with E-state index in [4.69, 9.17) is 14.5 Å². The Morgan fingerprint density at radius 1 is 1.30 bits per heavy atom. The molecule has 0 aromatic heterocycles. The van der Waals surface area contributed by atoms with Crippen LogP contribution < -0.4 is 10.6 Å². The van der Waals surface area contributed by atoms with Gasteiger partial charge in [0.25, 0.3) is 0 Å². The van der Waals surface area contributed by atoms with Gasteiger partial charge in [-0.15, -0.1) is 24.0 Å². The molecule has 1 unspecified atom stereocenters. The van der Waals surface area contributed by atoms with Crippen LogP contribution in [-0.4, -0.2) is 51.5 Å². The summed E-state index contributed by atoms with van der Waals surface area (Å²) >= 11 is 0. The van der Waals surface area contributed by atoms with E-state index in [1.807, 2.05) is 12.1 Å².